The third kappa shape index (κ3) is 6.24. The van der Waals surface area contributed by atoms with Crippen LogP contribution in [0.4, 0.5) is 0 Å². The number of aryl methyl sites for hydroxylation is 1. The number of rotatable bonds is 9. The third-order valence-electron chi connectivity index (χ3n) is 3.86. The van der Waals surface area contributed by atoms with Crippen LogP contribution < -0.4 is 5.32 Å². The van der Waals surface area contributed by atoms with E-state index < -0.39 is 0 Å². The summed E-state index contributed by atoms with van der Waals surface area (Å²) in [6.45, 7) is 9.00. The second kappa shape index (κ2) is 9.14. The lowest BCUT2D eigenvalue weighted by molar-refractivity contribution is 0.413. The van der Waals surface area contributed by atoms with Crippen molar-refractivity contribution in [2.45, 2.75) is 78.3 Å². The van der Waals surface area contributed by atoms with Gasteiger partial charge in [0.05, 0.1) is 0 Å². The van der Waals surface area contributed by atoms with Gasteiger partial charge in [-0.15, -0.1) is 0 Å². The first-order chi connectivity index (χ1) is 9.17. The van der Waals surface area contributed by atoms with Crippen molar-refractivity contribution in [2.75, 3.05) is 0 Å². The maximum atomic E-state index is 3.78. The molecule has 2 unspecified atom stereocenters. The van der Waals surface area contributed by atoms with Gasteiger partial charge in [-0.3, -0.25) is 0 Å². The smallest absolute Gasteiger partial charge is 0.0319 e. The van der Waals surface area contributed by atoms with Gasteiger partial charge in [0, 0.05) is 12.1 Å². The molecule has 19 heavy (non-hydrogen) atoms. The van der Waals surface area contributed by atoms with Crippen molar-refractivity contribution in [3.8, 4) is 0 Å². The average Bonchev–Trinajstić information content (AvgIpc) is 2.42. The molecule has 1 aromatic carbocycles. The zero-order valence-electron chi connectivity index (χ0n) is 13.2. The predicted octanol–water partition coefficient (Wildman–Crippen LogP) is 5.39. The van der Waals surface area contributed by atoms with Gasteiger partial charge in [0.25, 0.3) is 0 Å². The minimum atomic E-state index is 0.502. The summed E-state index contributed by atoms with van der Waals surface area (Å²) < 4.78 is 0. The Labute approximate surface area is 119 Å². The van der Waals surface area contributed by atoms with E-state index in [0.717, 1.165) is 6.42 Å². The lowest BCUT2D eigenvalue weighted by atomic mass is 10.0. The summed E-state index contributed by atoms with van der Waals surface area (Å²) in [6, 6.07) is 10.1. The largest absolute Gasteiger partial charge is 0.307 e. The van der Waals surface area contributed by atoms with Gasteiger partial charge < -0.3 is 5.32 Å². The quantitative estimate of drug-likeness (QED) is 0.587. The van der Waals surface area contributed by atoms with Crippen LogP contribution in [0, 0.1) is 6.92 Å². The number of hydrogen-bond acceptors (Lipinski definition) is 1. The summed E-state index contributed by atoms with van der Waals surface area (Å²) in [5.74, 6) is 0. The van der Waals surface area contributed by atoms with Crippen LogP contribution in [-0.2, 0) is 0 Å². The van der Waals surface area contributed by atoms with Gasteiger partial charge in [-0.1, -0.05) is 69.4 Å². The molecule has 2 atom stereocenters. The maximum absolute atomic E-state index is 3.78. The molecule has 0 bridgehead atoms. The van der Waals surface area contributed by atoms with Crippen molar-refractivity contribution in [1.82, 2.24) is 5.32 Å². The van der Waals surface area contributed by atoms with E-state index in [1.165, 1.54) is 43.2 Å². The van der Waals surface area contributed by atoms with Crippen LogP contribution >= 0.6 is 0 Å². The SMILES string of the molecule is CCCCCCC(C)NC(CC)c1ccc(C)cc1. The fourth-order valence-corrected chi connectivity index (χ4v) is 2.55. The lowest BCUT2D eigenvalue weighted by Crippen LogP contribution is -2.30. The molecule has 0 amide bonds. The fraction of sp³-hybridized carbons (Fsp3) is 0.667. The normalized spacial score (nSPS) is 14.3. The van der Waals surface area contributed by atoms with Gasteiger partial charge in [0.2, 0.25) is 0 Å². The number of nitrogens with one attached hydrogen (secondary N) is 1. The van der Waals surface area contributed by atoms with Gasteiger partial charge >= 0.3 is 0 Å². The Balaban J connectivity index is 2.41. The molecule has 0 saturated carbocycles. The van der Waals surface area contributed by atoms with Crippen LogP contribution in [0.2, 0.25) is 0 Å². The monoisotopic (exact) mass is 261 g/mol. The minimum absolute atomic E-state index is 0.502. The molecule has 1 aromatic rings. The van der Waals surface area contributed by atoms with Crippen molar-refractivity contribution < 1.29 is 0 Å². The van der Waals surface area contributed by atoms with Crippen molar-refractivity contribution in [3.63, 3.8) is 0 Å². The van der Waals surface area contributed by atoms with E-state index in [-0.39, 0.29) is 0 Å². The first kappa shape index (κ1) is 16.2. The number of unbranched alkanes of at least 4 members (excludes halogenated alkanes) is 3. The van der Waals surface area contributed by atoms with E-state index in [9.17, 15) is 0 Å². The summed E-state index contributed by atoms with van der Waals surface area (Å²) >= 11 is 0. The van der Waals surface area contributed by atoms with Gasteiger partial charge in [0.1, 0.15) is 0 Å². The highest BCUT2D eigenvalue weighted by Crippen LogP contribution is 2.19. The summed E-state index contributed by atoms with van der Waals surface area (Å²) in [5.41, 5.74) is 2.76. The van der Waals surface area contributed by atoms with E-state index in [2.05, 4.69) is 57.3 Å². The van der Waals surface area contributed by atoms with Crippen LogP contribution in [0.15, 0.2) is 24.3 Å². The summed E-state index contributed by atoms with van der Waals surface area (Å²) in [7, 11) is 0. The second-order valence-electron chi connectivity index (χ2n) is 5.79. The van der Waals surface area contributed by atoms with Crippen molar-refractivity contribution in [1.29, 1.82) is 0 Å². The van der Waals surface area contributed by atoms with E-state index in [1.807, 2.05) is 0 Å². The summed E-state index contributed by atoms with van der Waals surface area (Å²) in [6.07, 6.45) is 7.88. The first-order valence-electron chi connectivity index (χ1n) is 8.00. The molecule has 108 valence electrons. The van der Waals surface area contributed by atoms with E-state index in [0.29, 0.717) is 12.1 Å². The van der Waals surface area contributed by atoms with Crippen molar-refractivity contribution in [3.05, 3.63) is 35.4 Å². The Bertz CT molecular complexity index is 328. The zero-order valence-corrected chi connectivity index (χ0v) is 13.2. The summed E-state index contributed by atoms with van der Waals surface area (Å²) in [5, 5.41) is 3.78. The fourth-order valence-electron chi connectivity index (χ4n) is 2.55. The average molecular weight is 261 g/mol. The Morgan fingerprint density at radius 2 is 1.68 bits per heavy atom. The molecular weight excluding hydrogens is 230 g/mol. The topological polar surface area (TPSA) is 12.0 Å². The predicted molar refractivity (Wildman–Crippen MR) is 85.6 cm³/mol. The molecule has 0 fully saturated rings. The standard InChI is InChI=1S/C18H31N/c1-5-7-8-9-10-16(4)19-18(6-2)17-13-11-15(3)12-14-17/h11-14,16,18-19H,5-10H2,1-4H3. The highest BCUT2D eigenvalue weighted by Gasteiger charge is 2.11. The molecule has 0 saturated heterocycles. The molecule has 0 aliphatic rings. The van der Waals surface area contributed by atoms with E-state index >= 15 is 0 Å². The van der Waals surface area contributed by atoms with E-state index in [4.69, 9.17) is 0 Å². The molecule has 1 nitrogen and oxygen atoms in total. The van der Waals surface area contributed by atoms with Crippen molar-refractivity contribution in [2.24, 2.45) is 0 Å². The first-order valence-corrected chi connectivity index (χ1v) is 8.00. The van der Waals surface area contributed by atoms with Crippen LogP contribution in [-0.4, -0.2) is 6.04 Å². The molecular formula is C18H31N. The second-order valence-corrected chi connectivity index (χ2v) is 5.79. The molecule has 1 heteroatoms. The molecule has 1 N–H and O–H groups in total. The van der Waals surface area contributed by atoms with Crippen LogP contribution in [0.5, 0.6) is 0 Å². The van der Waals surface area contributed by atoms with Gasteiger partial charge in [-0.05, 0) is 32.3 Å². The Morgan fingerprint density at radius 1 is 1.00 bits per heavy atom. The highest BCUT2D eigenvalue weighted by molar-refractivity contribution is 5.24. The number of benzene rings is 1. The zero-order chi connectivity index (χ0) is 14.1. The molecule has 0 aromatic heterocycles. The van der Waals surface area contributed by atoms with Crippen LogP contribution in [0.25, 0.3) is 0 Å². The Hall–Kier alpha value is -0.820. The Kier molecular flexibility index (Phi) is 7.81. The van der Waals surface area contributed by atoms with Gasteiger partial charge in [0.15, 0.2) is 0 Å². The minimum Gasteiger partial charge on any atom is -0.307 e. The molecule has 0 spiro atoms. The van der Waals surface area contributed by atoms with Crippen molar-refractivity contribution >= 4 is 0 Å². The lowest BCUT2D eigenvalue weighted by Gasteiger charge is -2.23. The van der Waals surface area contributed by atoms with Crippen LogP contribution in [0.1, 0.15) is 76.5 Å². The molecule has 0 radical (unpaired) electrons. The van der Waals surface area contributed by atoms with Gasteiger partial charge in [-0.2, -0.15) is 0 Å². The highest BCUT2D eigenvalue weighted by atomic mass is 14.9. The third-order valence-corrected chi connectivity index (χ3v) is 3.86. The molecule has 0 aliphatic heterocycles. The Morgan fingerprint density at radius 3 is 2.26 bits per heavy atom. The van der Waals surface area contributed by atoms with Gasteiger partial charge in [-0.25, -0.2) is 0 Å². The molecule has 0 heterocycles. The summed E-state index contributed by atoms with van der Waals surface area (Å²) in [4.78, 5) is 0. The van der Waals surface area contributed by atoms with E-state index in [1.54, 1.807) is 0 Å². The van der Waals surface area contributed by atoms with Crippen LogP contribution in [0.3, 0.4) is 0 Å². The molecule has 1 rings (SSSR count). The number of hydrogen-bond donors (Lipinski definition) is 1. The maximum Gasteiger partial charge on any atom is 0.0319 e. The molecule has 0 aliphatic carbocycles.